The lowest BCUT2D eigenvalue weighted by Crippen LogP contribution is -2.43. The van der Waals surface area contributed by atoms with Gasteiger partial charge in [0.25, 0.3) is 0 Å². The summed E-state index contributed by atoms with van der Waals surface area (Å²) in [7, 11) is 0. The first-order valence-corrected chi connectivity index (χ1v) is 6.87. The highest BCUT2D eigenvalue weighted by atomic mass is 16.5. The molecule has 4 nitrogen and oxygen atoms in total. The molecule has 4 heteroatoms. The quantitative estimate of drug-likeness (QED) is 0.823. The molecule has 0 aliphatic carbocycles. The number of Topliss-reactive ketones (excluding diaryl/α,β-unsaturated/α-hetero) is 1. The van der Waals surface area contributed by atoms with Crippen LogP contribution in [0.3, 0.4) is 0 Å². The lowest BCUT2D eigenvalue weighted by Gasteiger charge is -2.31. The molecule has 0 aromatic rings. The lowest BCUT2D eigenvalue weighted by molar-refractivity contribution is -0.132. The molecule has 2 aliphatic rings. The number of ketones is 1. The van der Waals surface area contributed by atoms with E-state index in [1.165, 1.54) is 0 Å². The molecule has 0 aromatic heterocycles. The van der Waals surface area contributed by atoms with E-state index in [0.717, 1.165) is 19.4 Å². The van der Waals surface area contributed by atoms with E-state index in [9.17, 15) is 9.90 Å². The summed E-state index contributed by atoms with van der Waals surface area (Å²) in [6, 6.07) is 0.220. The second kappa shape index (κ2) is 4.58. The van der Waals surface area contributed by atoms with Gasteiger partial charge in [0.05, 0.1) is 18.1 Å². The molecule has 2 fully saturated rings. The maximum atomic E-state index is 12.4. The van der Waals surface area contributed by atoms with Crippen molar-refractivity contribution in [2.75, 3.05) is 19.7 Å². The number of nitrogens with zero attached hydrogens (tertiary/aromatic N) is 1. The third-order valence-corrected chi connectivity index (χ3v) is 4.39. The molecule has 0 amide bonds. The molecule has 0 saturated carbocycles. The Bertz CT molecular complexity index is 338. The van der Waals surface area contributed by atoms with Crippen molar-refractivity contribution >= 4 is 5.78 Å². The minimum Gasteiger partial charge on any atom is -0.395 e. The fourth-order valence-corrected chi connectivity index (χ4v) is 3.39. The van der Waals surface area contributed by atoms with Gasteiger partial charge in [0, 0.05) is 12.6 Å². The van der Waals surface area contributed by atoms with Gasteiger partial charge in [-0.05, 0) is 47.1 Å². The number of likely N-dealkylation sites (tertiary alicyclic amines) is 1. The molecule has 0 bridgehead atoms. The Kier molecular flexibility index (Phi) is 3.56. The number of carbonyl (C=O) groups excluding carboxylic acids is 1. The van der Waals surface area contributed by atoms with Crippen LogP contribution >= 0.6 is 0 Å². The van der Waals surface area contributed by atoms with E-state index in [4.69, 9.17) is 4.74 Å². The lowest BCUT2D eigenvalue weighted by atomic mass is 9.85. The Hall–Kier alpha value is -0.450. The van der Waals surface area contributed by atoms with E-state index in [-0.39, 0.29) is 24.3 Å². The Labute approximate surface area is 109 Å². The Morgan fingerprint density at radius 3 is 2.56 bits per heavy atom. The smallest absolute Gasteiger partial charge is 0.171 e. The van der Waals surface area contributed by atoms with Gasteiger partial charge in [-0.1, -0.05) is 0 Å². The SMILES string of the molecule is CC1(C)OC(C)(C)C(CN2CCCC2CO)C1=O. The summed E-state index contributed by atoms with van der Waals surface area (Å²) in [5, 5.41) is 9.35. The molecule has 2 atom stereocenters. The summed E-state index contributed by atoms with van der Waals surface area (Å²) in [4.78, 5) is 14.7. The van der Waals surface area contributed by atoms with Gasteiger partial charge in [0.2, 0.25) is 0 Å². The van der Waals surface area contributed by atoms with E-state index in [1.807, 2.05) is 27.7 Å². The van der Waals surface area contributed by atoms with Crippen molar-refractivity contribution in [3.8, 4) is 0 Å². The first kappa shape index (κ1) is 14.0. The molecule has 2 aliphatic heterocycles. The Morgan fingerprint density at radius 2 is 2.06 bits per heavy atom. The predicted octanol–water partition coefficient (Wildman–Crippen LogP) is 1.22. The summed E-state index contributed by atoms with van der Waals surface area (Å²) in [5.41, 5.74) is -1.09. The minimum absolute atomic E-state index is 0.0975. The predicted molar refractivity (Wildman–Crippen MR) is 69.4 cm³/mol. The van der Waals surface area contributed by atoms with Crippen LogP contribution in [-0.4, -0.2) is 52.7 Å². The Balaban J connectivity index is 2.11. The summed E-state index contributed by atoms with van der Waals surface area (Å²) >= 11 is 0. The van der Waals surface area contributed by atoms with Gasteiger partial charge in [-0.15, -0.1) is 0 Å². The average Bonchev–Trinajstić information content (AvgIpc) is 2.75. The average molecular weight is 255 g/mol. The summed E-state index contributed by atoms with van der Waals surface area (Å²) in [6.45, 7) is 9.56. The van der Waals surface area contributed by atoms with Crippen molar-refractivity contribution < 1.29 is 14.6 Å². The number of aliphatic hydroxyl groups excluding tert-OH is 1. The van der Waals surface area contributed by atoms with Crippen LogP contribution in [0, 0.1) is 5.92 Å². The number of hydrogen-bond acceptors (Lipinski definition) is 4. The van der Waals surface area contributed by atoms with Crippen LogP contribution in [0.15, 0.2) is 0 Å². The van der Waals surface area contributed by atoms with Gasteiger partial charge in [-0.2, -0.15) is 0 Å². The van der Waals surface area contributed by atoms with Gasteiger partial charge < -0.3 is 9.84 Å². The molecule has 2 heterocycles. The van der Waals surface area contributed by atoms with E-state index in [2.05, 4.69) is 4.90 Å². The van der Waals surface area contributed by atoms with Crippen molar-refractivity contribution in [1.82, 2.24) is 4.90 Å². The molecular formula is C14H25NO3. The highest BCUT2D eigenvalue weighted by Crippen LogP contribution is 2.40. The zero-order chi connectivity index (χ0) is 13.6. The summed E-state index contributed by atoms with van der Waals surface area (Å²) < 4.78 is 5.90. The van der Waals surface area contributed by atoms with Crippen LogP contribution in [0.25, 0.3) is 0 Å². The molecule has 0 radical (unpaired) electrons. The van der Waals surface area contributed by atoms with Crippen LogP contribution < -0.4 is 0 Å². The third kappa shape index (κ3) is 2.33. The summed E-state index contributed by atoms with van der Waals surface area (Å²) in [5.74, 6) is 0.0933. The first-order chi connectivity index (χ1) is 8.28. The van der Waals surface area contributed by atoms with Crippen molar-refractivity contribution in [2.24, 2.45) is 5.92 Å². The largest absolute Gasteiger partial charge is 0.395 e. The molecule has 104 valence electrons. The Morgan fingerprint density at radius 1 is 1.39 bits per heavy atom. The summed E-state index contributed by atoms with van der Waals surface area (Å²) in [6.07, 6.45) is 2.14. The molecule has 2 unspecified atom stereocenters. The van der Waals surface area contributed by atoms with Crippen molar-refractivity contribution in [2.45, 2.75) is 57.8 Å². The molecular weight excluding hydrogens is 230 g/mol. The molecule has 1 N–H and O–H groups in total. The van der Waals surface area contributed by atoms with Crippen LogP contribution in [0.4, 0.5) is 0 Å². The van der Waals surface area contributed by atoms with Crippen molar-refractivity contribution in [1.29, 1.82) is 0 Å². The topological polar surface area (TPSA) is 49.8 Å². The molecule has 2 rings (SSSR count). The second-order valence-corrected chi connectivity index (χ2v) is 6.61. The number of aliphatic hydroxyl groups is 1. The first-order valence-electron chi connectivity index (χ1n) is 6.87. The van der Waals surface area contributed by atoms with Gasteiger partial charge in [0.15, 0.2) is 5.78 Å². The van der Waals surface area contributed by atoms with Gasteiger partial charge in [0.1, 0.15) is 5.60 Å². The highest BCUT2D eigenvalue weighted by molar-refractivity contribution is 5.91. The van der Waals surface area contributed by atoms with Gasteiger partial charge >= 0.3 is 0 Å². The normalized spacial score (nSPS) is 35.3. The fourth-order valence-electron chi connectivity index (χ4n) is 3.39. The van der Waals surface area contributed by atoms with Crippen LogP contribution in [0.5, 0.6) is 0 Å². The standard InChI is InChI=1S/C14H25NO3/c1-13(2)11(12(17)14(3,4)18-13)8-15-7-5-6-10(15)9-16/h10-11,16H,5-9H2,1-4H3. The number of ether oxygens (including phenoxy) is 1. The molecule has 2 saturated heterocycles. The number of rotatable bonds is 3. The number of hydrogen-bond donors (Lipinski definition) is 1. The second-order valence-electron chi connectivity index (χ2n) is 6.61. The van der Waals surface area contributed by atoms with Crippen molar-refractivity contribution in [3.63, 3.8) is 0 Å². The molecule has 0 aromatic carbocycles. The van der Waals surface area contributed by atoms with Gasteiger partial charge in [-0.25, -0.2) is 0 Å². The zero-order valence-corrected chi connectivity index (χ0v) is 11.9. The molecule has 18 heavy (non-hydrogen) atoms. The number of carbonyl (C=O) groups is 1. The van der Waals surface area contributed by atoms with E-state index in [0.29, 0.717) is 6.54 Å². The third-order valence-electron chi connectivity index (χ3n) is 4.39. The molecule has 0 spiro atoms. The van der Waals surface area contributed by atoms with E-state index < -0.39 is 11.2 Å². The monoisotopic (exact) mass is 255 g/mol. The highest BCUT2D eigenvalue weighted by Gasteiger charge is 2.53. The van der Waals surface area contributed by atoms with E-state index >= 15 is 0 Å². The maximum Gasteiger partial charge on any atom is 0.171 e. The van der Waals surface area contributed by atoms with Crippen molar-refractivity contribution in [3.05, 3.63) is 0 Å². The van der Waals surface area contributed by atoms with Crippen LogP contribution in [0.1, 0.15) is 40.5 Å². The zero-order valence-electron chi connectivity index (χ0n) is 11.9. The fraction of sp³-hybridized carbons (Fsp3) is 0.929. The van der Waals surface area contributed by atoms with E-state index in [1.54, 1.807) is 0 Å². The maximum absolute atomic E-state index is 12.4. The van der Waals surface area contributed by atoms with Crippen LogP contribution in [-0.2, 0) is 9.53 Å². The minimum atomic E-state index is -0.678. The van der Waals surface area contributed by atoms with Gasteiger partial charge in [-0.3, -0.25) is 9.69 Å². The van der Waals surface area contributed by atoms with Crippen LogP contribution in [0.2, 0.25) is 0 Å².